The van der Waals surface area contributed by atoms with Crippen molar-refractivity contribution in [2.24, 2.45) is 0 Å². The molecule has 1 aromatic heterocycles. The van der Waals surface area contributed by atoms with Crippen molar-refractivity contribution in [3.05, 3.63) is 77.0 Å². The minimum Gasteiger partial charge on any atom is -0.376 e. The monoisotopic (exact) mass is 409 g/mol. The lowest BCUT2D eigenvalue weighted by molar-refractivity contribution is -0.274. The molecule has 0 saturated carbocycles. The van der Waals surface area contributed by atoms with Gasteiger partial charge in [0, 0.05) is 23.2 Å². The summed E-state index contributed by atoms with van der Waals surface area (Å²) >= 11 is 0. The minimum atomic E-state index is -5.14. The van der Waals surface area contributed by atoms with Gasteiger partial charge in [0.25, 0.3) is 0 Å². The lowest BCUT2D eigenvalue weighted by Gasteiger charge is -2.38. The van der Waals surface area contributed by atoms with Crippen LogP contribution in [0.5, 0.6) is 0 Å². The van der Waals surface area contributed by atoms with E-state index in [0.717, 1.165) is 24.3 Å². The number of aryl methyl sites for hydroxylation is 1. The first kappa shape index (κ1) is 21.2. The van der Waals surface area contributed by atoms with Crippen molar-refractivity contribution in [3.8, 4) is 0 Å². The molecule has 0 amide bonds. The molecule has 0 aliphatic heterocycles. The van der Waals surface area contributed by atoms with E-state index in [9.17, 15) is 27.1 Å². The maximum absolute atomic E-state index is 14.8. The SMILES string of the molecule is Cc1ccnc2cc(F)c(C(O)(CC(C)(C)c3ccc(F)cc3)C(F)(F)F)cc12. The van der Waals surface area contributed by atoms with Gasteiger partial charge in [-0.1, -0.05) is 26.0 Å². The Bertz CT molecular complexity index is 1040. The van der Waals surface area contributed by atoms with E-state index in [1.54, 1.807) is 13.0 Å². The topological polar surface area (TPSA) is 33.1 Å². The number of hydrogen-bond acceptors (Lipinski definition) is 2. The van der Waals surface area contributed by atoms with Crippen LogP contribution in [0.1, 0.15) is 37.0 Å². The summed E-state index contributed by atoms with van der Waals surface area (Å²) in [6.07, 6.45) is -4.56. The first-order valence-electron chi connectivity index (χ1n) is 8.96. The number of pyridine rings is 1. The molecule has 29 heavy (non-hydrogen) atoms. The number of aromatic nitrogens is 1. The van der Waals surface area contributed by atoms with Crippen LogP contribution in [0.25, 0.3) is 10.9 Å². The average molecular weight is 409 g/mol. The van der Waals surface area contributed by atoms with Gasteiger partial charge < -0.3 is 5.11 Å². The van der Waals surface area contributed by atoms with Gasteiger partial charge in [-0.05, 0) is 54.2 Å². The van der Waals surface area contributed by atoms with E-state index >= 15 is 0 Å². The number of halogens is 5. The molecule has 7 heteroatoms. The molecule has 0 radical (unpaired) electrons. The third-order valence-corrected chi connectivity index (χ3v) is 5.29. The second-order valence-corrected chi connectivity index (χ2v) is 7.90. The van der Waals surface area contributed by atoms with E-state index in [1.165, 1.54) is 32.2 Å². The van der Waals surface area contributed by atoms with E-state index in [0.29, 0.717) is 16.5 Å². The van der Waals surface area contributed by atoms with Crippen molar-refractivity contribution in [1.82, 2.24) is 4.98 Å². The number of hydrogen-bond donors (Lipinski definition) is 1. The second-order valence-electron chi connectivity index (χ2n) is 7.90. The summed E-state index contributed by atoms with van der Waals surface area (Å²) in [7, 11) is 0. The molecule has 0 bridgehead atoms. The highest BCUT2D eigenvalue weighted by molar-refractivity contribution is 5.82. The molecular formula is C22H20F5NO. The number of rotatable bonds is 4. The molecule has 0 spiro atoms. The number of fused-ring (bicyclic) bond motifs is 1. The molecule has 2 nitrogen and oxygen atoms in total. The molecular weight excluding hydrogens is 389 g/mol. The molecule has 2 aromatic carbocycles. The van der Waals surface area contributed by atoms with Crippen molar-refractivity contribution in [1.29, 1.82) is 0 Å². The van der Waals surface area contributed by atoms with Gasteiger partial charge in [0.2, 0.25) is 0 Å². The Hall–Kier alpha value is -2.54. The Morgan fingerprint density at radius 1 is 0.966 bits per heavy atom. The summed E-state index contributed by atoms with van der Waals surface area (Å²) in [6, 6.07) is 8.50. The molecule has 0 aliphatic rings. The van der Waals surface area contributed by atoms with Gasteiger partial charge in [0.15, 0.2) is 5.60 Å². The fraction of sp³-hybridized carbons (Fsp3) is 0.318. The van der Waals surface area contributed by atoms with E-state index in [-0.39, 0.29) is 5.52 Å². The van der Waals surface area contributed by atoms with E-state index in [2.05, 4.69) is 4.98 Å². The van der Waals surface area contributed by atoms with Crippen LogP contribution in [-0.2, 0) is 11.0 Å². The summed E-state index contributed by atoms with van der Waals surface area (Å²) in [6.45, 7) is 4.65. The van der Waals surface area contributed by atoms with Gasteiger partial charge in [-0.15, -0.1) is 0 Å². The molecule has 1 unspecified atom stereocenters. The van der Waals surface area contributed by atoms with E-state index < -0.39 is 40.8 Å². The Balaban J connectivity index is 2.17. The molecule has 3 aromatic rings. The van der Waals surface area contributed by atoms with E-state index in [1.807, 2.05) is 0 Å². The van der Waals surface area contributed by atoms with Crippen molar-refractivity contribution >= 4 is 10.9 Å². The van der Waals surface area contributed by atoms with Crippen LogP contribution in [0.15, 0.2) is 48.7 Å². The standard InChI is InChI=1S/C22H20F5NO/c1-13-8-9-28-19-11-18(24)17(10-16(13)19)21(29,22(25,26)27)12-20(2,3)14-4-6-15(23)7-5-14/h4-11,29H,12H2,1-3H3. The number of alkyl halides is 3. The van der Waals surface area contributed by atoms with Gasteiger partial charge in [0.05, 0.1) is 5.52 Å². The third kappa shape index (κ3) is 3.83. The molecule has 154 valence electrons. The van der Waals surface area contributed by atoms with Crippen LogP contribution < -0.4 is 0 Å². The molecule has 0 saturated heterocycles. The highest BCUT2D eigenvalue weighted by Gasteiger charge is 2.58. The van der Waals surface area contributed by atoms with Crippen LogP contribution >= 0.6 is 0 Å². The zero-order valence-corrected chi connectivity index (χ0v) is 16.1. The normalized spacial score (nSPS) is 14.8. The van der Waals surface area contributed by atoms with Gasteiger partial charge in [-0.3, -0.25) is 4.98 Å². The average Bonchev–Trinajstić information content (AvgIpc) is 2.60. The fourth-order valence-electron chi connectivity index (χ4n) is 3.61. The zero-order valence-electron chi connectivity index (χ0n) is 16.1. The zero-order chi connectivity index (χ0) is 21.6. The molecule has 1 atom stereocenters. The molecule has 1 heterocycles. The Labute approximate surface area is 165 Å². The third-order valence-electron chi connectivity index (χ3n) is 5.29. The quantitative estimate of drug-likeness (QED) is 0.541. The number of nitrogens with zero attached hydrogens (tertiary/aromatic N) is 1. The van der Waals surface area contributed by atoms with Crippen LogP contribution in [-0.4, -0.2) is 16.3 Å². The van der Waals surface area contributed by atoms with Crippen LogP contribution in [0, 0.1) is 18.6 Å². The Kier molecular flexibility index (Phi) is 5.15. The van der Waals surface area contributed by atoms with E-state index in [4.69, 9.17) is 0 Å². The molecule has 3 rings (SSSR count). The molecule has 0 aliphatic carbocycles. The van der Waals surface area contributed by atoms with Crippen molar-refractivity contribution < 1.29 is 27.1 Å². The highest BCUT2D eigenvalue weighted by Crippen LogP contribution is 2.48. The van der Waals surface area contributed by atoms with Crippen molar-refractivity contribution in [2.45, 2.75) is 44.4 Å². The second kappa shape index (κ2) is 7.06. The summed E-state index contributed by atoms with van der Waals surface area (Å²) in [4.78, 5) is 3.98. The largest absolute Gasteiger partial charge is 0.421 e. The lowest BCUT2D eigenvalue weighted by atomic mass is 9.72. The molecule has 0 fully saturated rings. The maximum atomic E-state index is 14.8. The summed E-state index contributed by atoms with van der Waals surface area (Å²) < 4.78 is 70.2. The van der Waals surface area contributed by atoms with Crippen molar-refractivity contribution in [2.75, 3.05) is 0 Å². The Morgan fingerprint density at radius 2 is 1.59 bits per heavy atom. The number of benzene rings is 2. The minimum absolute atomic E-state index is 0.202. The molecule has 1 N–H and O–H groups in total. The van der Waals surface area contributed by atoms with Crippen LogP contribution in [0.2, 0.25) is 0 Å². The first-order chi connectivity index (χ1) is 13.3. The predicted molar refractivity (Wildman–Crippen MR) is 100 cm³/mol. The van der Waals surface area contributed by atoms with Crippen LogP contribution in [0.4, 0.5) is 22.0 Å². The fourth-order valence-corrected chi connectivity index (χ4v) is 3.61. The first-order valence-corrected chi connectivity index (χ1v) is 8.96. The summed E-state index contributed by atoms with van der Waals surface area (Å²) in [5.74, 6) is -1.72. The summed E-state index contributed by atoms with van der Waals surface area (Å²) in [5.41, 5.74) is -4.34. The van der Waals surface area contributed by atoms with Gasteiger partial charge in [-0.2, -0.15) is 13.2 Å². The van der Waals surface area contributed by atoms with Crippen LogP contribution in [0.3, 0.4) is 0 Å². The smallest absolute Gasteiger partial charge is 0.376 e. The number of aliphatic hydroxyl groups is 1. The maximum Gasteiger partial charge on any atom is 0.421 e. The van der Waals surface area contributed by atoms with Gasteiger partial charge >= 0.3 is 6.18 Å². The predicted octanol–water partition coefficient (Wildman–Crippen LogP) is 5.94. The highest BCUT2D eigenvalue weighted by atomic mass is 19.4. The van der Waals surface area contributed by atoms with Gasteiger partial charge in [0.1, 0.15) is 11.6 Å². The lowest BCUT2D eigenvalue weighted by Crippen LogP contribution is -2.47. The van der Waals surface area contributed by atoms with Gasteiger partial charge in [-0.25, -0.2) is 8.78 Å². The Morgan fingerprint density at radius 3 is 2.17 bits per heavy atom. The summed E-state index contributed by atoms with van der Waals surface area (Å²) in [5, 5.41) is 11.2. The van der Waals surface area contributed by atoms with Crippen molar-refractivity contribution in [3.63, 3.8) is 0 Å².